The molecule has 0 aromatic carbocycles. The number of nitrogens with zero attached hydrogens (tertiary/aromatic N) is 1. The Morgan fingerprint density at radius 1 is 1.25 bits per heavy atom. The minimum Gasteiger partial charge on any atom is -0.466 e. The molecule has 8 heteroatoms. The van der Waals surface area contributed by atoms with Crippen LogP contribution in [0.2, 0.25) is 0 Å². The number of thiocarbonyl (C=S) groups is 1. The number of hydrogen-bond acceptors (Lipinski definition) is 6. The largest absolute Gasteiger partial charge is 0.466 e. The summed E-state index contributed by atoms with van der Waals surface area (Å²) in [5.74, 6) is -1.78. The zero-order valence-corrected chi connectivity index (χ0v) is 13.0. The van der Waals surface area contributed by atoms with E-state index in [-0.39, 0.29) is 19.6 Å². The van der Waals surface area contributed by atoms with Crippen molar-refractivity contribution in [2.75, 3.05) is 20.3 Å². The van der Waals surface area contributed by atoms with Gasteiger partial charge in [0.15, 0.2) is 5.11 Å². The highest BCUT2D eigenvalue weighted by Gasteiger charge is 2.27. The number of carbonyl (C=O) groups excluding carboxylic acids is 2. The molecule has 0 amide bonds. The van der Waals surface area contributed by atoms with Gasteiger partial charge in [0.25, 0.3) is 0 Å². The second-order valence-electron chi connectivity index (χ2n) is 3.76. The summed E-state index contributed by atoms with van der Waals surface area (Å²) in [6.07, 6.45) is -0.115. The first kappa shape index (κ1) is 18.3. The Bertz CT molecular complexity index is 385. The van der Waals surface area contributed by atoms with Gasteiger partial charge in [-0.05, 0) is 33.0 Å². The second-order valence-corrected chi connectivity index (χ2v) is 4.17. The van der Waals surface area contributed by atoms with Crippen LogP contribution in [0.4, 0.5) is 0 Å². The Balaban J connectivity index is 4.86. The smallest absolute Gasteiger partial charge is 0.315 e. The average molecular weight is 303 g/mol. The molecule has 0 fully saturated rings. The van der Waals surface area contributed by atoms with Crippen LogP contribution in [0, 0.1) is 5.92 Å². The molecule has 7 nitrogen and oxygen atoms in total. The van der Waals surface area contributed by atoms with Crippen molar-refractivity contribution < 1.29 is 19.1 Å². The van der Waals surface area contributed by atoms with Crippen LogP contribution in [-0.2, 0) is 19.1 Å². The average Bonchev–Trinajstić information content (AvgIpc) is 2.42. The summed E-state index contributed by atoms with van der Waals surface area (Å²) >= 11 is 4.87. The van der Waals surface area contributed by atoms with Gasteiger partial charge in [-0.25, -0.2) is 0 Å². The van der Waals surface area contributed by atoms with Crippen molar-refractivity contribution in [2.45, 2.75) is 27.2 Å². The lowest BCUT2D eigenvalue weighted by molar-refractivity contribution is -0.152. The quantitative estimate of drug-likeness (QED) is 0.308. The molecule has 0 bridgehead atoms. The molecule has 114 valence electrons. The zero-order chi connectivity index (χ0) is 15.5. The Kier molecular flexibility index (Phi) is 9.27. The molecular weight excluding hydrogens is 282 g/mol. The van der Waals surface area contributed by atoms with E-state index in [1.165, 1.54) is 0 Å². The lowest BCUT2D eigenvalue weighted by Gasteiger charge is -2.15. The van der Waals surface area contributed by atoms with E-state index < -0.39 is 17.9 Å². The van der Waals surface area contributed by atoms with Gasteiger partial charge in [0.2, 0.25) is 0 Å². The van der Waals surface area contributed by atoms with Gasteiger partial charge in [-0.2, -0.15) is 5.10 Å². The minimum atomic E-state index is -0.791. The van der Waals surface area contributed by atoms with E-state index >= 15 is 0 Å². The zero-order valence-electron chi connectivity index (χ0n) is 12.2. The van der Waals surface area contributed by atoms with Crippen molar-refractivity contribution in [1.29, 1.82) is 0 Å². The van der Waals surface area contributed by atoms with Crippen LogP contribution in [0.5, 0.6) is 0 Å². The first-order chi connectivity index (χ1) is 9.46. The van der Waals surface area contributed by atoms with E-state index in [9.17, 15) is 9.59 Å². The number of hydrazone groups is 1. The molecule has 0 spiro atoms. The van der Waals surface area contributed by atoms with E-state index in [4.69, 9.17) is 21.7 Å². The summed E-state index contributed by atoms with van der Waals surface area (Å²) < 4.78 is 9.77. The fourth-order valence-electron chi connectivity index (χ4n) is 1.30. The van der Waals surface area contributed by atoms with Gasteiger partial charge in [-0.15, -0.1) is 0 Å². The predicted molar refractivity (Wildman–Crippen MR) is 79.3 cm³/mol. The van der Waals surface area contributed by atoms with Crippen LogP contribution >= 0.6 is 12.2 Å². The van der Waals surface area contributed by atoms with Crippen molar-refractivity contribution in [3.63, 3.8) is 0 Å². The second kappa shape index (κ2) is 10.1. The number of hydrogen-bond donors (Lipinski definition) is 2. The number of nitrogens with one attached hydrogen (secondary N) is 2. The molecule has 1 atom stereocenters. The third-order valence-electron chi connectivity index (χ3n) is 2.31. The lowest BCUT2D eigenvalue weighted by Crippen LogP contribution is -2.33. The Morgan fingerprint density at radius 2 is 1.85 bits per heavy atom. The monoisotopic (exact) mass is 303 g/mol. The SMILES string of the molecule is CCOC(=O)CC(C(=O)OCC)/C(C)=N\NC(=S)NC. The van der Waals surface area contributed by atoms with Crippen LogP contribution in [0.3, 0.4) is 0 Å². The summed E-state index contributed by atoms with van der Waals surface area (Å²) in [6, 6.07) is 0. The van der Waals surface area contributed by atoms with E-state index in [1.54, 1.807) is 27.8 Å². The standard InChI is InChI=1S/C12H21N3O4S/c1-5-18-10(16)7-9(11(17)19-6-2)8(3)14-15-12(20)13-4/h9H,5-7H2,1-4H3,(H2,13,15,20)/b14-8-. The molecule has 0 heterocycles. The van der Waals surface area contributed by atoms with Gasteiger partial charge in [0.05, 0.1) is 25.3 Å². The van der Waals surface area contributed by atoms with Crippen LogP contribution < -0.4 is 10.7 Å². The first-order valence-electron chi connectivity index (χ1n) is 6.30. The van der Waals surface area contributed by atoms with Gasteiger partial charge >= 0.3 is 11.9 Å². The highest BCUT2D eigenvalue weighted by Crippen LogP contribution is 2.10. The maximum Gasteiger partial charge on any atom is 0.315 e. The molecule has 20 heavy (non-hydrogen) atoms. The van der Waals surface area contributed by atoms with Gasteiger partial charge in [-0.3, -0.25) is 15.0 Å². The third kappa shape index (κ3) is 7.03. The normalized spacial score (nSPS) is 12.3. The molecule has 0 saturated heterocycles. The molecule has 0 aliphatic carbocycles. The number of rotatable bonds is 7. The van der Waals surface area contributed by atoms with Gasteiger partial charge < -0.3 is 14.8 Å². The van der Waals surface area contributed by atoms with E-state index in [1.807, 2.05) is 0 Å². The topological polar surface area (TPSA) is 89.0 Å². The predicted octanol–water partition coefficient (Wildman–Crippen LogP) is 0.589. The summed E-state index contributed by atoms with van der Waals surface area (Å²) in [5, 5.41) is 6.95. The van der Waals surface area contributed by atoms with E-state index in [2.05, 4.69) is 15.8 Å². The summed E-state index contributed by atoms with van der Waals surface area (Å²) in [4.78, 5) is 23.4. The van der Waals surface area contributed by atoms with Crippen LogP contribution in [0.1, 0.15) is 27.2 Å². The Morgan fingerprint density at radius 3 is 2.35 bits per heavy atom. The molecule has 0 aliphatic heterocycles. The van der Waals surface area contributed by atoms with Crippen molar-refractivity contribution in [2.24, 2.45) is 11.0 Å². The van der Waals surface area contributed by atoms with Crippen molar-refractivity contribution in [3.05, 3.63) is 0 Å². The van der Waals surface area contributed by atoms with Crippen molar-refractivity contribution >= 4 is 35.0 Å². The van der Waals surface area contributed by atoms with Gasteiger partial charge in [-0.1, -0.05) is 0 Å². The Labute approximate surface area is 124 Å². The summed E-state index contributed by atoms with van der Waals surface area (Å²) in [5.41, 5.74) is 2.96. The summed E-state index contributed by atoms with van der Waals surface area (Å²) in [6.45, 7) is 5.50. The maximum absolute atomic E-state index is 11.9. The fourth-order valence-corrected chi connectivity index (χ4v) is 1.35. The number of carbonyl (C=O) groups is 2. The molecule has 2 N–H and O–H groups in total. The van der Waals surface area contributed by atoms with Crippen molar-refractivity contribution in [3.8, 4) is 0 Å². The molecule has 0 radical (unpaired) electrons. The van der Waals surface area contributed by atoms with Gasteiger partial charge in [0, 0.05) is 7.05 Å². The molecule has 0 aromatic heterocycles. The van der Waals surface area contributed by atoms with E-state index in [0.717, 1.165) is 0 Å². The number of esters is 2. The van der Waals surface area contributed by atoms with Crippen molar-refractivity contribution in [1.82, 2.24) is 10.7 Å². The highest BCUT2D eigenvalue weighted by molar-refractivity contribution is 7.80. The van der Waals surface area contributed by atoms with Crippen LogP contribution in [-0.4, -0.2) is 43.0 Å². The van der Waals surface area contributed by atoms with E-state index in [0.29, 0.717) is 10.8 Å². The molecule has 1 unspecified atom stereocenters. The molecule has 0 saturated carbocycles. The lowest BCUT2D eigenvalue weighted by atomic mass is 10.0. The Hall–Kier alpha value is -1.70. The molecule has 0 aromatic rings. The van der Waals surface area contributed by atoms with Gasteiger partial charge in [0.1, 0.15) is 5.92 Å². The fraction of sp³-hybridized carbons (Fsp3) is 0.667. The molecular formula is C12H21N3O4S. The first-order valence-corrected chi connectivity index (χ1v) is 6.71. The molecule has 0 rings (SSSR count). The maximum atomic E-state index is 11.9. The van der Waals surface area contributed by atoms with Crippen LogP contribution in [0.15, 0.2) is 5.10 Å². The highest BCUT2D eigenvalue weighted by atomic mass is 32.1. The summed E-state index contributed by atoms with van der Waals surface area (Å²) in [7, 11) is 1.64. The minimum absolute atomic E-state index is 0.115. The third-order valence-corrected chi connectivity index (χ3v) is 2.61. The number of ether oxygens (including phenoxy) is 2. The molecule has 0 aliphatic rings. The van der Waals surface area contributed by atoms with Crippen LogP contribution in [0.25, 0.3) is 0 Å².